The van der Waals surface area contributed by atoms with E-state index in [0.29, 0.717) is 23.9 Å². The molecular weight excluding hydrogens is 360 g/mol. The van der Waals surface area contributed by atoms with Gasteiger partial charge in [-0.15, -0.1) is 0 Å². The van der Waals surface area contributed by atoms with E-state index in [4.69, 9.17) is 4.74 Å². The van der Waals surface area contributed by atoms with Gasteiger partial charge in [-0.05, 0) is 29.7 Å². The fourth-order valence-corrected chi connectivity index (χ4v) is 3.36. The molecule has 2 N–H and O–H groups in total. The van der Waals surface area contributed by atoms with Crippen molar-refractivity contribution in [2.24, 2.45) is 0 Å². The third kappa shape index (κ3) is 5.37. The minimum absolute atomic E-state index is 0.222. The molecule has 2 aromatic carbocycles. The summed E-state index contributed by atoms with van der Waals surface area (Å²) in [5.41, 5.74) is 1.98. The second kappa shape index (κ2) is 9.28. The van der Waals surface area contributed by atoms with E-state index in [1.54, 1.807) is 0 Å². The van der Waals surface area contributed by atoms with Crippen molar-refractivity contribution in [3.8, 4) is 11.6 Å². The van der Waals surface area contributed by atoms with Crippen molar-refractivity contribution in [2.75, 3.05) is 6.61 Å². The van der Waals surface area contributed by atoms with Gasteiger partial charge in [0.25, 0.3) is 5.56 Å². The first kappa shape index (κ1) is 19.0. The Morgan fingerprint density at radius 1 is 1.07 bits per heavy atom. The van der Waals surface area contributed by atoms with Gasteiger partial charge in [0.2, 0.25) is 5.88 Å². The lowest BCUT2D eigenvalue weighted by molar-refractivity contribution is 0.317. The molecule has 0 saturated carbocycles. The molecule has 0 aliphatic heterocycles. The van der Waals surface area contributed by atoms with Crippen molar-refractivity contribution in [3.63, 3.8) is 0 Å². The van der Waals surface area contributed by atoms with Crippen molar-refractivity contribution >= 4 is 11.8 Å². The Labute approximate surface area is 162 Å². The first-order valence-electron chi connectivity index (χ1n) is 8.86. The summed E-state index contributed by atoms with van der Waals surface area (Å²) >= 11 is 1.38. The van der Waals surface area contributed by atoms with Gasteiger partial charge < -0.3 is 14.8 Å². The van der Waals surface area contributed by atoms with Crippen molar-refractivity contribution in [2.45, 2.75) is 30.7 Å². The summed E-state index contributed by atoms with van der Waals surface area (Å²) in [5, 5.41) is 10.6. The van der Waals surface area contributed by atoms with Gasteiger partial charge in [0.1, 0.15) is 5.75 Å². The largest absolute Gasteiger partial charge is 0.494 e. The molecule has 1 heterocycles. The van der Waals surface area contributed by atoms with Crippen molar-refractivity contribution in [1.29, 1.82) is 0 Å². The molecule has 0 radical (unpaired) electrons. The summed E-state index contributed by atoms with van der Waals surface area (Å²) in [4.78, 5) is 19.3. The molecule has 0 aliphatic rings. The Kier molecular flexibility index (Phi) is 6.54. The van der Waals surface area contributed by atoms with E-state index in [0.717, 1.165) is 23.3 Å². The Balaban J connectivity index is 1.68. The molecular formula is C21H22N2O3S. The molecule has 1 aromatic heterocycles. The summed E-state index contributed by atoms with van der Waals surface area (Å²) in [7, 11) is 0. The van der Waals surface area contributed by atoms with E-state index >= 15 is 0 Å². The Morgan fingerprint density at radius 3 is 2.48 bits per heavy atom. The van der Waals surface area contributed by atoms with Crippen molar-refractivity contribution in [1.82, 2.24) is 9.97 Å². The number of ether oxygens (including phenoxy) is 1. The van der Waals surface area contributed by atoms with Crippen LogP contribution in [0, 0.1) is 0 Å². The zero-order valence-corrected chi connectivity index (χ0v) is 16.0. The highest BCUT2D eigenvalue weighted by atomic mass is 32.2. The van der Waals surface area contributed by atoms with Gasteiger partial charge >= 0.3 is 0 Å². The Morgan fingerprint density at radius 2 is 1.81 bits per heavy atom. The van der Waals surface area contributed by atoms with E-state index in [2.05, 4.69) is 16.9 Å². The lowest BCUT2D eigenvalue weighted by Gasteiger charge is -2.08. The van der Waals surface area contributed by atoms with Crippen LogP contribution in [-0.2, 0) is 12.2 Å². The number of hydrogen-bond acceptors (Lipinski definition) is 5. The van der Waals surface area contributed by atoms with E-state index in [-0.39, 0.29) is 17.0 Å². The predicted octanol–water partition coefficient (Wildman–Crippen LogP) is 4.15. The quantitative estimate of drug-likeness (QED) is 0.452. The molecule has 0 unspecified atom stereocenters. The maximum Gasteiger partial charge on any atom is 0.258 e. The van der Waals surface area contributed by atoms with Crippen LogP contribution in [0.1, 0.15) is 30.0 Å². The average molecular weight is 382 g/mol. The first-order chi connectivity index (χ1) is 13.2. The number of thioether (sulfide) groups is 1. The highest BCUT2D eigenvalue weighted by Gasteiger charge is 2.12. The third-order valence-corrected chi connectivity index (χ3v) is 4.91. The number of rotatable bonds is 8. The topological polar surface area (TPSA) is 75.2 Å². The van der Waals surface area contributed by atoms with Crippen LogP contribution in [0.25, 0.3) is 0 Å². The van der Waals surface area contributed by atoms with Crippen LogP contribution < -0.4 is 10.3 Å². The molecule has 3 rings (SSSR count). The number of aromatic hydroxyl groups is 1. The van der Waals surface area contributed by atoms with Crippen molar-refractivity contribution < 1.29 is 9.84 Å². The second-order valence-electron chi connectivity index (χ2n) is 6.12. The van der Waals surface area contributed by atoms with Crippen LogP contribution in [0.3, 0.4) is 0 Å². The smallest absolute Gasteiger partial charge is 0.258 e. The highest BCUT2D eigenvalue weighted by molar-refractivity contribution is 7.98. The maximum absolute atomic E-state index is 12.4. The van der Waals surface area contributed by atoms with E-state index in [1.807, 2.05) is 54.6 Å². The van der Waals surface area contributed by atoms with Gasteiger partial charge in [-0.3, -0.25) is 4.79 Å². The number of nitrogens with zero attached hydrogens (tertiary/aromatic N) is 1. The molecule has 5 nitrogen and oxygen atoms in total. The monoisotopic (exact) mass is 382 g/mol. The molecule has 140 valence electrons. The number of H-pyrrole nitrogens is 1. The van der Waals surface area contributed by atoms with Gasteiger partial charge in [0.05, 0.1) is 12.2 Å². The summed E-state index contributed by atoms with van der Waals surface area (Å²) in [6, 6.07) is 17.4. The van der Waals surface area contributed by atoms with E-state index in [1.165, 1.54) is 11.8 Å². The lowest BCUT2D eigenvalue weighted by Crippen LogP contribution is -2.15. The molecule has 6 heteroatoms. The number of nitrogens with one attached hydrogen (secondary N) is 1. The van der Waals surface area contributed by atoms with Gasteiger partial charge in [-0.25, -0.2) is 0 Å². The van der Waals surface area contributed by atoms with Gasteiger partial charge in [-0.1, -0.05) is 61.2 Å². The standard InChI is InChI=1S/C21H22N2O3S/c1-2-12-26-17-10-8-15(9-11-17)13-18-19(24)22-21(23-20(18)25)27-14-16-6-4-3-5-7-16/h3-11H,2,12-14H2,1H3,(H2,22,23,24,25). The Bertz CT molecular complexity index is 924. The molecule has 3 aromatic rings. The number of aromatic nitrogens is 2. The van der Waals surface area contributed by atoms with Crippen molar-refractivity contribution in [3.05, 3.63) is 81.6 Å². The number of aromatic amines is 1. The summed E-state index contributed by atoms with van der Waals surface area (Å²) in [6.45, 7) is 2.73. The van der Waals surface area contributed by atoms with Crippen LogP contribution in [0.4, 0.5) is 0 Å². The highest BCUT2D eigenvalue weighted by Crippen LogP contribution is 2.22. The van der Waals surface area contributed by atoms with Gasteiger partial charge in [0, 0.05) is 12.2 Å². The van der Waals surface area contributed by atoms with Crippen LogP contribution >= 0.6 is 11.8 Å². The summed E-state index contributed by atoms with van der Waals surface area (Å²) in [5.74, 6) is 1.24. The molecule has 0 fully saturated rings. The molecule has 0 bridgehead atoms. The maximum atomic E-state index is 12.4. The van der Waals surface area contributed by atoms with E-state index < -0.39 is 0 Å². The number of hydrogen-bond donors (Lipinski definition) is 2. The van der Waals surface area contributed by atoms with Crippen LogP contribution in [0.5, 0.6) is 11.6 Å². The third-order valence-electron chi connectivity index (χ3n) is 3.97. The normalized spacial score (nSPS) is 10.7. The van der Waals surface area contributed by atoms with Gasteiger partial charge in [0.15, 0.2) is 5.16 Å². The summed E-state index contributed by atoms with van der Waals surface area (Å²) in [6.07, 6.45) is 1.26. The molecule has 0 aliphatic carbocycles. The molecule has 0 amide bonds. The zero-order valence-electron chi connectivity index (χ0n) is 15.1. The zero-order chi connectivity index (χ0) is 19.1. The van der Waals surface area contributed by atoms with E-state index in [9.17, 15) is 9.90 Å². The van der Waals surface area contributed by atoms with Crippen LogP contribution in [0.2, 0.25) is 0 Å². The lowest BCUT2D eigenvalue weighted by atomic mass is 10.1. The molecule has 0 saturated heterocycles. The summed E-state index contributed by atoms with van der Waals surface area (Å²) < 4.78 is 5.55. The molecule has 0 atom stereocenters. The molecule has 27 heavy (non-hydrogen) atoms. The minimum atomic E-state index is -0.315. The fraction of sp³-hybridized carbons (Fsp3) is 0.238. The second-order valence-corrected chi connectivity index (χ2v) is 7.08. The minimum Gasteiger partial charge on any atom is -0.494 e. The Hall–Kier alpha value is -2.73. The fourth-order valence-electron chi connectivity index (χ4n) is 2.55. The number of benzene rings is 2. The predicted molar refractivity (Wildman–Crippen MR) is 108 cm³/mol. The van der Waals surface area contributed by atoms with Crippen LogP contribution in [0.15, 0.2) is 64.5 Å². The molecule has 0 spiro atoms. The van der Waals surface area contributed by atoms with Crippen LogP contribution in [-0.4, -0.2) is 21.7 Å². The SMILES string of the molecule is CCCOc1ccc(Cc2c(O)nc(SCc3ccccc3)[nH]c2=O)cc1. The first-order valence-corrected chi connectivity index (χ1v) is 9.85. The average Bonchev–Trinajstić information content (AvgIpc) is 2.69. The van der Waals surface area contributed by atoms with Gasteiger partial charge in [-0.2, -0.15) is 4.98 Å².